The second-order valence-electron chi connectivity index (χ2n) is 5.89. The fraction of sp³-hybridized carbons (Fsp3) is 0.158. The third-order valence-electron chi connectivity index (χ3n) is 3.91. The molecule has 0 saturated carbocycles. The van der Waals surface area contributed by atoms with Crippen molar-refractivity contribution in [3.8, 4) is 11.3 Å². The lowest BCUT2D eigenvalue weighted by Gasteiger charge is -2.13. The summed E-state index contributed by atoms with van der Waals surface area (Å²) in [4.78, 5) is 8.65. The third-order valence-corrected chi connectivity index (χ3v) is 5.03. The number of benzene rings is 2. The van der Waals surface area contributed by atoms with E-state index < -0.39 is 15.9 Å². The molecule has 0 bridgehead atoms. The van der Waals surface area contributed by atoms with E-state index in [1.165, 1.54) is 12.6 Å². The van der Waals surface area contributed by atoms with E-state index in [2.05, 4.69) is 15.3 Å². The van der Waals surface area contributed by atoms with Gasteiger partial charge in [0.25, 0.3) is 0 Å². The minimum Gasteiger partial charge on any atom is -0.387 e. The van der Waals surface area contributed by atoms with Gasteiger partial charge in [-0.25, -0.2) is 18.4 Å². The molecular weight excluding hydrogens is 350 g/mol. The summed E-state index contributed by atoms with van der Waals surface area (Å²) in [5.74, 6) is 0.581. The molecule has 7 heteroatoms. The van der Waals surface area contributed by atoms with E-state index in [-0.39, 0.29) is 4.90 Å². The molecule has 26 heavy (non-hydrogen) atoms. The van der Waals surface area contributed by atoms with E-state index in [0.717, 1.165) is 11.1 Å². The Labute approximate surface area is 152 Å². The highest BCUT2D eigenvalue weighted by atomic mass is 32.2. The Balaban J connectivity index is 1.72. The molecular formula is C19H19N3O3S. The Morgan fingerprint density at radius 2 is 1.73 bits per heavy atom. The molecule has 2 aromatic carbocycles. The summed E-state index contributed by atoms with van der Waals surface area (Å²) in [5, 5.41) is 13.3. The SMILES string of the molecule is CS(=O)(=O)c1ccc(-c2cc(NC[C@H](O)c3ccccc3)ncn2)cc1. The Morgan fingerprint density at radius 1 is 1.04 bits per heavy atom. The highest BCUT2D eigenvalue weighted by Gasteiger charge is 2.09. The second kappa shape index (κ2) is 7.63. The summed E-state index contributed by atoms with van der Waals surface area (Å²) < 4.78 is 23.1. The van der Waals surface area contributed by atoms with Gasteiger partial charge in [0.05, 0.1) is 16.7 Å². The highest BCUT2D eigenvalue weighted by molar-refractivity contribution is 7.90. The molecule has 1 heterocycles. The van der Waals surface area contributed by atoms with E-state index in [4.69, 9.17) is 0 Å². The number of hydrogen-bond acceptors (Lipinski definition) is 6. The monoisotopic (exact) mass is 369 g/mol. The van der Waals surface area contributed by atoms with Gasteiger partial charge < -0.3 is 10.4 Å². The molecule has 6 nitrogen and oxygen atoms in total. The van der Waals surface area contributed by atoms with Crippen LogP contribution in [0, 0.1) is 0 Å². The fourth-order valence-corrected chi connectivity index (χ4v) is 3.11. The summed E-state index contributed by atoms with van der Waals surface area (Å²) >= 11 is 0. The molecule has 134 valence electrons. The molecule has 0 saturated heterocycles. The fourth-order valence-electron chi connectivity index (χ4n) is 2.48. The lowest BCUT2D eigenvalue weighted by Crippen LogP contribution is -2.13. The molecule has 0 aliphatic heterocycles. The van der Waals surface area contributed by atoms with E-state index in [1.807, 2.05) is 30.3 Å². The van der Waals surface area contributed by atoms with E-state index in [1.54, 1.807) is 30.3 Å². The van der Waals surface area contributed by atoms with Crippen LogP contribution in [0.2, 0.25) is 0 Å². The van der Waals surface area contributed by atoms with Gasteiger partial charge in [0.2, 0.25) is 0 Å². The van der Waals surface area contributed by atoms with Crippen molar-refractivity contribution in [3.05, 3.63) is 72.6 Å². The van der Waals surface area contributed by atoms with E-state index in [9.17, 15) is 13.5 Å². The van der Waals surface area contributed by atoms with E-state index >= 15 is 0 Å². The predicted molar refractivity (Wildman–Crippen MR) is 100 cm³/mol. The van der Waals surface area contributed by atoms with Crippen molar-refractivity contribution in [2.24, 2.45) is 0 Å². The molecule has 1 aromatic heterocycles. The molecule has 0 amide bonds. The van der Waals surface area contributed by atoms with Crippen molar-refractivity contribution in [2.45, 2.75) is 11.0 Å². The Kier molecular flexibility index (Phi) is 5.29. The Hall–Kier alpha value is -2.77. The molecule has 2 N–H and O–H groups in total. The lowest BCUT2D eigenvalue weighted by molar-refractivity contribution is 0.191. The van der Waals surface area contributed by atoms with Crippen LogP contribution in [0.1, 0.15) is 11.7 Å². The number of hydrogen-bond donors (Lipinski definition) is 2. The first-order valence-corrected chi connectivity index (χ1v) is 9.92. The molecule has 0 radical (unpaired) electrons. The van der Waals surface area contributed by atoms with Crippen LogP contribution in [0.25, 0.3) is 11.3 Å². The summed E-state index contributed by atoms with van der Waals surface area (Å²) in [5.41, 5.74) is 2.27. The quantitative estimate of drug-likeness (QED) is 0.694. The average molecular weight is 369 g/mol. The topological polar surface area (TPSA) is 92.2 Å². The van der Waals surface area contributed by atoms with Gasteiger partial charge in [0.1, 0.15) is 12.1 Å². The number of aliphatic hydroxyl groups is 1. The zero-order chi connectivity index (χ0) is 18.6. The molecule has 0 fully saturated rings. The van der Waals surface area contributed by atoms with Crippen LogP contribution in [0.3, 0.4) is 0 Å². The van der Waals surface area contributed by atoms with Crippen LogP contribution in [-0.4, -0.2) is 36.3 Å². The smallest absolute Gasteiger partial charge is 0.175 e. The minimum atomic E-state index is -3.23. The number of anilines is 1. The van der Waals surface area contributed by atoms with Gasteiger partial charge >= 0.3 is 0 Å². The van der Waals surface area contributed by atoms with Crippen molar-refractivity contribution in [2.75, 3.05) is 18.1 Å². The number of aromatic nitrogens is 2. The van der Waals surface area contributed by atoms with Crippen molar-refractivity contribution in [3.63, 3.8) is 0 Å². The first-order chi connectivity index (χ1) is 12.4. The second-order valence-corrected chi connectivity index (χ2v) is 7.91. The van der Waals surface area contributed by atoms with Gasteiger partial charge in [0, 0.05) is 24.4 Å². The van der Waals surface area contributed by atoms with Crippen LogP contribution in [0.5, 0.6) is 0 Å². The number of nitrogens with zero attached hydrogens (tertiary/aromatic N) is 2. The highest BCUT2D eigenvalue weighted by Crippen LogP contribution is 2.21. The largest absolute Gasteiger partial charge is 0.387 e. The van der Waals surface area contributed by atoms with Gasteiger partial charge in [-0.1, -0.05) is 42.5 Å². The Morgan fingerprint density at radius 3 is 2.38 bits per heavy atom. The maximum atomic E-state index is 11.5. The van der Waals surface area contributed by atoms with Crippen LogP contribution >= 0.6 is 0 Å². The zero-order valence-electron chi connectivity index (χ0n) is 14.2. The van der Waals surface area contributed by atoms with Gasteiger partial charge in [-0.2, -0.15) is 0 Å². The minimum absolute atomic E-state index is 0.264. The molecule has 0 aliphatic carbocycles. The van der Waals surface area contributed by atoms with Crippen LogP contribution in [0.15, 0.2) is 71.9 Å². The number of aliphatic hydroxyl groups excluding tert-OH is 1. The summed E-state index contributed by atoms with van der Waals surface area (Å²) in [6.45, 7) is 0.313. The zero-order valence-corrected chi connectivity index (χ0v) is 15.0. The normalized spacial score (nSPS) is 12.5. The first-order valence-electron chi connectivity index (χ1n) is 8.03. The molecule has 3 rings (SSSR count). The van der Waals surface area contributed by atoms with Crippen molar-refractivity contribution in [1.82, 2.24) is 9.97 Å². The molecule has 0 aliphatic rings. The van der Waals surface area contributed by atoms with Gasteiger partial charge in [-0.15, -0.1) is 0 Å². The predicted octanol–water partition coefficient (Wildman–Crippen LogP) is 2.69. The summed E-state index contributed by atoms with van der Waals surface area (Å²) in [6, 6.07) is 17.7. The van der Waals surface area contributed by atoms with Gasteiger partial charge in [0.15, 0.2) is 9.84 Å². The molecule has 1 atom stereocenters. The van der Waals surface area contributed by atoms with Crippen LogP contribution in [0.4, 0.5) is 5.82 Å². The Bertz CT molecular complexity index is 974. The van der Waals surface area contributed by atoms with Gasteiger partial charge in [-0.3, -0.25) is 0 Å². The third kappa shape index (κ3) is 4.44. The average Bonchev–Trinajstić information content (AvgIpc) is 2.66. The maximum Gasteiger partial charge on any atom is 0.175 e. The molecule has 0 unspecified atom stereocenters. The number of rotatable bonds is 6. The summed E-state index contributed by atoms with van der Waals surface area (Å²) in [6.07, 6.45) is 1.95. The lowest BCUT2D eigenvalue weighted by atomic mass is 10.1. The number of sulfone groups is 1. The van der Waals surface area contributed by atoms with Crippen LogP contribution in [-0.2, 0) is 9.84 Å². The van der Waals surface area contributed by atoms with Crippen molar-refractivity contribution >= 4 is 15.7 Å². The summed E-state index contributed by atoms with van der Waals surface area (Å²) in [7, 11) is -3.23. The van der Waals surface area contributed by atoms with E-state index in [0.29, 0.717) is 18.1 Å². The van der Waals surface area contributed by atoms with Crippen molar-refractivity contribution in [1.29, 1.82) is 0 Å². The number of nitrogens with one attached hydrogen (secondary N) is 1. The van der Waals surface area contributed by atoms with Gasteiger partial charge in [-0.05, 0) is 17.7 Å². The standard InChI is InChI=1S/C19H19N3O3S/c1-26(24,25)16-9-7-14(8-10-16)17-11-19(22-13-21-17)20-12-18(23)15-5-3-2-4-6-15/h2-11,13,18,23H,12H2,1H3,(H,20,21,22)/t18-/m0/s1. The van der Waals surface area contributed by atoms with Crippen molar-refractivity contribution < 1.29 is 13.5 Å². The molecule has 3 aromatic rings. The maximum absolute atomic E-state index is 11.5. The van der Waals surface area contributed by atoms with Crippen LogP contribution < -0.4 is 5.32 Å². The first kappa shape index (κ1) is 18.0. The molecule has 0 spiro atoms.